The van der Waals surface area contributed by atoms with Crippen LogP contribution < -0.4 is 15.4 Å². The standard InChI is InChI=1S/C23H29N3O3S/c1-15-9-10-16-19(13-15)30-23(25-20(27)14-26-11-5-6-12-26)21(16)22(28)24-17-7-3-4-8-18(17)29-2/h3-4,7-8,15H,5-6,9-14H2,1-2H3,(H,24,28)(H,25,27). The van der Waals surface area contributed by atoms with Crippen LogP contribution in [0.15, 0.2) is 24.3 Å². The lowest BCUT2D eigenvalue weighted by Crippen LogP contribution is -2.31. The van der Waals surface area contributed by atoms with Gasteiger partial charge in [0.05, 0.1) is 24.9 Å². The lowest BCUT2D eigenvalue weighted by atomic mass is 9.88. The first-order valence-corrected chi connectivity index (χ1v) is 11.5. The molecule has 1 aliphatic heterocycles. The lowest BCUT2D eigenvalue weighted by Gasteiger charge is -2.19. The van der Waals surface area contributed by atoms with Crippen molar-refractivity contribution in [3.8, 4) is 5.75 Å². The van der Waals surface area contributed by atoms with E-state index in [1.807, 2.05) is 24.3 Å². The van der Waals surface area contributed by atoms with Crippen LogP contribution >= 0.6 is 11.3 Å². The molecular formula is C23H29N3O3S. The van der Waals surface area contributed by atoms with Gasteiger partial charge in [0.25, 0.3) is 5.91 Å². The van der Waals surface area contributed by atoms with Crippen molar-refractivity contribution in [2.75, 3.05) is 37.4 Å². The van der Waals surface area contributed by atoms with E-state index in [-0.39, 0.29) is 11.8 Å². The first-order chi connectivity index (χ1) is 14.5. The number of carbonyl (C=O) groups excluding carboxylic acids is 2. The topological polar surface area (TPSA) is 70.7 Å². The monoisotopic (exact) mass is 427 g/mol. The minimum atomic E-state index is -0.192. The van der Waals surface area contributed by atoms with Crippen molar-refractivity contribution in [3.63, 3.8) is 0 Å². The fourth-order valence-electron chi connectivity index (χ4n) is 4.32. The third-order valence-electron chi connectivity index (χ3n) is 5.91. The van der Waals surface area contributed by atoms with Gasteiger partial charge in [-0.1, -0.05) is 19.1 Å². The number of benzene rings is 1. The minimum Gasteiger partial charge on any atom is -0.495 e. The van der Waals surface area contributed by atoms with Crippen LogP contribution in [0.5, 0.6) is 5.75 Å². The maximum absolute atomic E-state index is 13.3. The Hall–Kier alpha value is -2.38. The molecule has 4 rings (SSSR count). The van der Waals surface area contributed by atoms with E-state index < -0.39 is 0 Å². The Bertz CT molecular complexity index is 934. The number of hydrogen-bond donors (Lipinski definition) is 2. The molecule has 1 aromatic carbocycles. The first-order valence-electron chi connectivity index (χ1n) is 10.7. The van der Waals surface area contributed by atoms with Crippen LogP contribution in [-0.2, 0) is 17.6 Å². The molecule has 1 aromatic heterocycles. The number of thiophene rings is 1. The highest BCUT2D eigenvalue weighted by Gasteiger charge is 2.29. The highest BCUT2D eigenvalue weighted by molar-refractivity contribution is 7.17. The van der Waals surface area contributed by atoms with Gasteiger partial charge in [0.1, 0.15) is 10.8 Å². The molecule has 1 fully saturated rings. The summed E-state index contributed by atoms with van der Waals surface area (Å²) >= 11 is 1.56. The number of amides is 2. The van der Waals surface area contributed by atoms with Crippen LogP contribution in [0.3, 0.4) is 0 Å². The number of fused-ring (bicyclic) bond motifs is 1. The highest BCUT2D eigenvalue weighted by Crippen LogP contribution is 2.40. The molecular weight excluding hydrogens is 398 g/mol. The van der Waals surface area contributed by atoms with E-state index in [4.69, 9.17) is 4.74 Å². The van der Waals surface area contributed by atoms with Crippen molar-refractivity contribution in [3.05, 3.63) is 40.3 Å². The second kappa shape index (κ2) is 9.18. The number of rotatable bonds is 6. The largest absolute Gasteiger partial charge is 0.495 e. The van der Waals surface area contributed by atoms with Gasteiger partial charge in [0, 0.05) is 4.88 Å². The molecule has 6 nitrogen and oxygen atoms in total. The molecule has 0 spiro atoms. The minimum absolute atomic E-state index is 0.0464. The number of carbonyl (C=O) groups is 2. The Kier molecular flexibility index (Phi) is 6.39. The number of nitrogens with one attached hydrogen (secondary N) is 2. The molecule has 1 saturated heterocycles. The molecule has 1 unspecified atom stereocenters. The van der Waals surface area contributed by atoms with Crippen molar-refractivity contribution < 1.29 is 14.3 Å². The zero-order chi connectivity index (χ0) is 21.1. The summed E-state index contributed by atoms with van der Waals surface area (Å²) in [6.45, 7) is 4.55. The average molecular weight is 428 g/mol. The number of anilines is 2. The maximum Gasteiger partial charge on any atom is 0.259 e. The number of methoxy groups -OCH3 is 1. The van der Waals surface area contributed by atoms with E-state index in [0.717, 1.165) is 50.8 Å². The summed E-state index contributed by atoms with van der Waals surface area (Å²) in [6, 6.07) is 7.37. The van der Waals surface area contributed by atoms with E-state index in [1.165, 1.54) is 4.88 Å². The summed E-state index contributed by atoms with van der Waals surface area (Å²) in [5.41, 5.74) is 2.33. The lowest BCUT2D eigenvalue weighted by molar-refractivity contribution is -0.117. The van der Waals surface area contributed by atoms with E-state index in [9.17, 15) is 9.59 Å². The van der Waals surface area contributed by atoms with Crippen molar-refractivity contribution >= 4 is 33.8 Å². The number of nitrogens with zero attached hydrogens (tertiary/aromatic N) is 1. The maximum atomic E-state index is 13.3. The number of para-hydroxylation sites is 2. The first kappa shape index (κ1) is 20.9. The average Bonchev–Trinajstić information content (AvgIpc) is 3.35. The Morgan fingerprint density at radius 3 is 2.73 bits per heavy atom. The predicted molar refractivity (Wildman–Crippen MR) is 121 cm³/mol. The van der Waals surface area contributed by atoms with E-state index in [2.05, 4.69) is 22.5 Å². The molecule has 2 heterocycles. The molecule has 0 radical (unpaired) electrons. The Morgan fingerprint density at radius 1 is 1.20 bits per heavy atom. The van der Waals surface area contributed by atoms with Gasteiger partial charge in [0.2, 0.25) is 5.91 Å². The zero-order valence-electron chi connectivity index (χ0n) is 17.6. The SMILES string of the molecule is COc1ccccc1NC(=O)c1c(NC(=O)CN2CCCC2)sc2c1CCC(C)C2. The van der Waals surface area contributed by atoms with Gasteiger partial charge in [-0.2, -0.15) is 0 Å². The van der Waals surface area contributed by atoms with Gasteiger partial charge in [-0.25, -0.2) is 0 Å². The molecule has 30 heavy (non-hydrogen) atoms. The van der Waals surface area contributed by atoms with E-state index in [0.29, 0.717) is 34.5 Å². The van der Waals surface area contributed by atoms with Gasteiger partial charge >= 0.3 is 0 Å². The van der Waals surface area contributed by atoms with Crippen molar-refractivity contribution in [2.24, 2.45) is 5.92 Å². The van der Waals surface area contributed by atoms with Crippen LogP contribution in [0.2, 0.25) is 0 Å². The van der Waals surface area contributed by atoms with Crippen molar-refractivity contribution in [2.45, 2.75) is 39.0 Å². The van der Waals surface area contributed by atoms with Crippen LogP contribution in [-0.4, -0.2) is 43.5 Å². The summed E-state index contributed by atoms with van der Waals surface area (Å²) in [6.07, 6.45) is 5.16. The molecule has 2 aliphatic rings. The van der Waals surface area contributed by atoms with Gasteiger partial charge in [-0.3, -0.25) is 14.5 Å². The fourth-order valence-corrected chi connectivity index (χ4v) is 5.75. The predicted octanol–water partition coefficient (Wildman–Crippen LogP) is 4.17. The Labute approximate surface area is 181 Å². The molecule has 2 aromatic rings. The molecule has 0 bridgehead atoms. The molecule has 0 saturated carbocycles. The molecule has 1 atom stereocenters. The van der Waals surface area contributed by atoms with Gasteiger partial charge in [0.15, 0.2) is 0 Å². The second-order valence-electron chi connectivity index (χ2n) is 8.24. The van der Waals surface area contributed by atoms with Crippen LogP contribution in [0, 0.1) is 5.92 Å². The second-order valence-corrected chi connectivity index (χ2v) is 9.35. The van der Waals surface area contributed by atoms with Crippen LogP contribution in [0.4, 0.5) is 10.7 Å². The molecule has 2 amide bonds. The fraction of sp³-hybridized carbons (Fsp3) is 0.478. The molecule has 1 aliphatic carbocycles. The van der Waals surface area contributed by atoms with Gasteiger partial charge in [-0.05, 0) is 68.8 Å². The summed E-state index contributed by atoms with van der Waals surface area (Å²) in [5.74, 6) is 0.968. The highest BCUT2D eigenvalue weighted by atomic mass is 32.1. The molecule has 7 heteroatoms. The normalized spacial score (nSPS) is 18.7. The quantitative estimate of drug-likeness (QED) is 0.726. The Balaban J connectivity index is 1.59. The van der Waals surface area contributed by atoms with Crippen molar-refractivity contribution in [1.29, 1.82) is 0 Å². The number of ether oxygens (including phenoxy) is 1. The molecule has 2 N–H and O–H groups in total. The number of hydrogen-bond acceptors (Lipinski definition) is 5. The summed E-state index contributed by atoms with van der Waals surface area (Å²) in [7, 11) is 1.59. The smallest absolute Gasteiger partial charge is 0.259 e. The number of likely N-dealkylation sites (tertiary alicyclic amines) is 1. The summed E-state index contributed by atoms with van der Waals surface area (Å²) in [4.78, 5) is 29.4. The summed E-state index contributed by atoms with van der Waals surface area (Å²) in [5, 5.41) is 6.72. The molecule has 160 valence electrons. The Morgan fingerprint density at radius 2 is 1.97 bits per heavy atom. The van der Waals surface area contributed by atoms with Crippen LogP contribution in [0.25, 0.3) is 0 Å². The zero-order valence-corrected chi connectivity index (χ0v) is 18.4. The third-order valence-corrected chi connectivity index (χ3v) is 7.08. The van der Waals surface area contributed by atoms with E-state index in [1.54, 1.807) is 18.4 Å². The third kappa shape index (κ3) is 4.52. The van der Waals surface area contributed by atoms with Gasteiger partial charge in [-0.15, -0.1) is 11.3 Å². The van der Waals surface area contributed by atoms with Crippen LogP contribution in [0.1, 0.15) is 47.0 Å². The summed E-state index contributed by atoms with van der Waals surface area (Å²) < 4.78 is 5.37. The van der Waals surface area contributed by atoms with Gasteiger partial charge < -0.3 is 15.4 Å². The van der Waals surface area contributed by atoms with E-state index >= 15 is 0 Å². The van der Waals surface area contributed by atoms with Crippen molar-refractivity contribution in [1.82, 2.24) is 4.90 Å².